The van der Waals surface area contributed by atoms with Gasteiger partial charge >= 0.3 is 6.03 Å². The number of halogens is 1. The summed E-state index contributed by atoms with van der Waals surface area (Å²) in [6, 6.07) is 6.66. The third-order valence-corrected chi connectivity index (χ3v) is 2.59. The normalized spacial score (nSPS) is 11.2. The molecule has 4 nitrogen and oxygen atoms in total. The molecular weight excluding hydrogens is 252 g/mol. The molecule has 0 aliphatic rings. The quantitative estimate of drug-likeness (QED) is 0.884. The molecule has 1 rings (SSSR count). The SMILES string of the molecule is CCN(CC(C)(C)O)C(=O)Nc1ccc(Cl)cc1. The fraction of sp³-hybridized carbons (Fsp3) is 0.462. The van der Waals surface area contributed by atoms with E-state index in [0.29, 0.717) is 17.3 Å². The second-order valence-electron chi connectivity index (χ2n) is 4.76. The molecule has 100 valence electrons. The van der Waals surface area contributed by atoms with Gasteiger partial charge in [0.1, 0.15) is 0 Å². The predicted octanol–water partition coefficient (Wildman–Crippen LogP) is 2.96. The van der Waals surface area contributed by atoms with Gasteiger partial charge in [0, 0.05) is 17.3 Å². The molecule has 0 atom stereocenters. The maximum Gasteiger partial charge on any atom is 0.321 e. The molecule has 2 N–H and O–H groups in total. The molecular formula is C13H19ClN2O2. The highest BCUT2D eigenvalue weighted by Gasteiger charge is 2.21. The Morgan fingerprint density at radius 2 is 1.94 bits per heavy atom. The largest absolute Gasteiger partial charge is 0.389 e. The van der Waals surface area contributed by atoms with Crippen molar-refractivity contribution >= 4 is 23.3 Å². The molecule has 0 saturated heterocycles. The summed E-state index contributed by atoms with van der Waals surface area (Å²) in [5.41, 5.74) is -0.230. The Morgan fingerprint density at radius 3 is 2.39 bits per heavy atom. The van der Waals surface area contributed by atoms with Crippen molar-refractivity contribution in [2.45, 2.75) is 26.4 Å². The summed E-state index contributed by atoms with van der Waals surface area (Å²) >= 11 is 5.77. The first kappa shape index (κ1) is 14.8. The summed E-state index contributed by atoms with van der Waals surface area (Å²) < 4.78 is 0. The van der Waals surface area contributed by atoms with Crippen LogP contribution >= 0.6 is 11.6 Å². The van der Waals surface area contributed by atoms with Crippen LogP contribution in [0.25, 0.3) is 0 Å². The van der Waals surface area contributed by atoms with Gasteiger partial charge in [-0.3, -0.25) is 0 Å². The highest BCUT2D eigenvalue weighted by atomic mass is 35.5. The van der Waals surface area contributed by atoms with Crippen LogP contribution in [-0.4, -0.2) is 34.7 Å². The highest BCUT2D eigenvalue weighted by Crippen LogP contribution is 2.14. The number of nitrogens with one attached hydrogen (secondary N) is 1. The number of benzene rings is 1. The van der Waals surface area contributed by atoms with Crippen LogP contribution in [0.15, 0.2) is 24.3 Å². The molecule has 1 aromatic rings. The third-order valence-electron chi connectivity index (χ3n) is 2.34. The van der Waals surface area contributed by atoms with Crippen LogP contribution in [0.5, 0.6) is 0 Å². The number of hydrogen-bond acceptors (Lipinski definition) is 2. The standard InChI is InChI=1S/C13H19ClN2O2/c1-4-16(9-13(2,3)18)12(17)15-11-7-5-10(14)6-8-11/h5-8,18H,4,9H2,1-3H3,(H,15,17). The lowest BCUT2D eigenvalue weighted by atomic mass is 10.1. The van der Waals surface area contributed by atoms with Crippen LogP contribution in [0.2, 0.25) is 5.02 Å². The Labute approximate surface area is 113 Å². The van der Waals surface area contributed by atoms with E-state index < -0.39 is 5.60 Å². The van der Waals surface area contributed by atoms with E-state index in [1.807, 2.05) is 6.92 Å². The Morgan fingerprint density at radius 1 is 1.39 bits per heavy atom. The van der Waals surface area contributed by atoms with Crippen LogP contribution in [0.4, 0.5) is 10.5 Å². The fourth-order valence-corrected chi connectivity index (χ4v) is 1.66. The highest BCUT2D eigenvalue weighted by molar-refractivity contribution is 6.30. The zero-order chi connectivity index (χ0) is 13.8. The molecule has 0 bridgehead atoms. The summed E-state index contributed by atoms with van der Waals surface area (Å²) in [6.45, 7) is 6.02. The molecule has 5 heteroatoms. The molecule has 0 saturated carbocycles. The lowest BCUT2D eigenvalue weighted by Crippen LogP contribution is -2.44. The third kappa shape index (κ3) is 4.94. The summed E-state index contributed by atoms with van der Waals surface area (Å²) in [5.74, 6) is 0. The van der Waals surface area contributed by atoms with Crippen molar-refractivity contribution in [3.05, 3.63) is 29.3 Å². The van der Waals surface area contributed by atoms with Crippen molar-refractivity contribution in [2.75, 3.05) is 18.4 Å². The van der Waals surface area contributed by atoms with Gasteiger partial charge in [-0.2, -0.15) is 0 Å². The van der Waals surface area contributed by atoms with Gasteiger partial charge in [0.2, 0.25) is 0 Å². The molecule has 2 amide bonds. The molecule has 0 aliphatic carbocycles. The zero-order valence-corrected chi connectivity index (χ0v) is 11.7. The summed E-state index contributed by atoms with van der Waals surface area (Å²) in [4.78, 5) is 13.5. The summed E-state index contributed by atoms with van der Waals surface area (Å²) in [5, 5.41) is 13.1. The van der Waals surface area contributed by atoms with Crippen LogP contribution in [0.1, 0.15) is 20.8 Å². The molecule has 18 heavy (non-hydrogen) atoms. The van der Waals surface area contributed by atoms with E-state index in [1.165, 1.54) is 0 Å². The first-order valence-electron chi connectivity index (χ1n) is 5.85. The van der Waals surface area contributed by atoms with E-state index in [4.69, 9.17) is 11.6 Å². The number of carbonyl (C=O) groups excluding carboxylic acids is 1. The van der Waals surface area contributed by atoms with Gasteiger partial charge in [-0.15, -0.1) is 0 Å². The molecule has 0 fully saturated rings. The maximum atomic E-state index is 12.0. The van der Waals surface area contributed by atoms with Crippen LogP contribution in [0, 0.1) is 0 Å². The van der Waals surface area contributed by atoms with Gasteiger partial charge in [-0.05, 0) is 45.0 Å². The first-order chi connectivity index (χ1) is 8.31. The van der Waals surface area contributed by atoms with E-state index in [0.717, 1.165) is 0 Å². The number of urea groups is 1. The molecule has 0 radical (unpaired) electrons. The minimum Gasteiger partial charge on any atom is -0.389 e. The monoisotopic (exact) mass is 270 g/mol. The first-order valence-corrected chi connectivity index (χ1v) is 6.23. The molecule has 0 unspecified atom stereocenters. The van der Waals surface area contributed by atoms with Gasteiger partial charge < -0.3 is 15.3 Å². The van der Waals surface area contributed by atoms with Gasteiger partial charge in [0.25, 0.3) is 0 Å². The van der Waals surface area contributed by atoms with Crippen molar-refractivity contribution in [1.82, 2.24) is 4.90 Å². The molecule has 0 heterocycles. The molecule has 0 aromatic heterocycles. The van der Waals surface area contributed by atoms with E-state index >= 15 is 0 Å². The number of likely N-dealkylation sites (N-methyl/N-ethyl adjacent to an activating group) is 1. The number of amides is 2. The molecule has 1 aromatic carbocycles. The smallest absolute Gasteiger partial charge is 0.321 e. The minimum atomic E-state index is -0.909. The number of hydrogen-bond donors (Lipinski definition) is 2. The Bertz CT molecular complexity index is 398. The van der Waals surface area contributed by atoms with Gasteiger partial charge in [-0.1, -0.05) is 11.6 Å². The van der Waals surface area contributed by atoms with Crippen molar-refractivity contribution in [3.63, 3.8) is 0 Å². The van der Waals surface area contributed by atoms with Crippen LogP contribution in [0.3, 0.4) is 0 Å². The van der Waals surface area contributed by atoms with E-state index in [2.05, 4.69) is 5.32 Å². The average Bonchev–Trinajstić information content (AvgIpc) is 2.27. The van der Waals surface area contributed by atoms with Gasteiger partial charge in [0.05, 0.1) is 12.1 Å². The van der Waals surface area contributed by atoms with Crippen molar-refractivity contribution in [2.24, 2.45) is 0 Å². The lowest BCUT2D eigenvalue weighted by Gasteiger charge is -2.28. The molecule has 0 aliphatic heterocycles. The van der Waals surface area contributed by atoms with Crippen LogP contribution < -0.4 is 5.32 Å². The second kappa shape index (κ2) is 6.07. The fourth-order valence-electron chi connectivity index (χ4n) is 1.53. The summed E-state index contributed by atoms with van der Waals surface area (Å²) in [6.07, 6.45) is 0. The Kier molecular flexibility index (Phi) is 4.99. The van der Waals surface area contributed by atoms with E-state index in [-0.39, 0.29) is 12.6 Å². The molecule has 0 spiro atoms. The predicted molar refractivity (Wildman–Crippen MR) is 74.0 cm³/mol. The second-order valence-corrected chi connectivity index (χ2v) is 5.20. The number of anilines is 1. The van der Waals surface area contributed by atoms with E-state index in [9.17, 15) is 9.90 Å². The van der Waals surface area contributed by atoms with E-state index in [1.54, 1.807) is 43.0 Å². The van der Waals surface area contributed by atoms with Crippen molar-refractivity contribution in [3.8, 4) is 0 Å². The maximum absolute atomic E-state index is 12.0. The van der Waals surface area contributed by atoms with Gasteiger partial charge in [0.15, 0.2) is 0 Å². The average molecular weight is 271 g/mol. The topological polar surface area (TPSA) is 52.6 Å². The lowest BCUT2D eigenvalue weighted by molar-refractivity contribution is 0.0501. The Balaban J connectivity index is 2.65. The summed E-state index contributed by atoms with van der Waals surface area (Å²) in [7, 11) is 0. The number of carbonyl (C=O) groups is 1. The van der Waals surface area contributed by atoms with Crippen molar-refractivity contribution in [1.29, 1.82) is 0 Å². The zero-order valence-electron chi connectivity index (χ0n) is 10.9. The van der Waals surface area contributed by atoms with Crippen molar-refractivity contribution < 1.29 is 9.90 Å². The number of rotatable bonds is 4. The Hall–Kier alpha value is -1.26. The number of nitrogens with zero attached hydrogens (tertiary/aromatic N) is 1. The van der Waals surface area contributed by atoms with Gasteiger partial charge in [-0.25, -0.2) is 4.79 Å². The minimum absolute atomic E-state index is 0.234. The number of aliphatic hydroxyl groups is 1. The van der Waals surface area contributed by atoms with Crippen LogP contribution in [-0.2, 0) is 0 Å².